The van der Waals surface area contributed by atoms with Crippen LogP contribution in [0.5, 0.6) is 0 Å². The number of ether oxygens (including phenoxy) is 1. The Morgan fingerprint density at radius 3 is 2.47 bits per heavy atom. The summed E-state index contributed by atoms with van der Waals surface area (Å²) in [5.41, 5.74) is 5.46. The molecule has 0 aromatic rings. The number of halogens is 1. The first-order valence-corrected chi connectivity index (χ1v) is 5.13. The predicted molar refractivity (Wildman–Crippen MR) is 57.7 cm³/mol. The van der Waals surface area contributed by atoms with E-state index in [-0.39, 0.29) is 23.8 Å². The van der Waals surface area contributed by atoms with Crippen molar-refractivity contribution in [2.45, 2.75) is 44.2 Å². The first-order valence-electron chi connectivity index (χ1n) is 5.13. The van der Waals surface area contributed by atoms with Crippen molar-refractivity contribution in [1.82, 2.24) is 0 Å². The number of carbonyl (C=O) groups is 1. The normalized spacial score (nSPS) is 38.1. The first kappa shape index (κ1) is 12.7. The number of esters is 1. The van der Waals surface area contributed by atoms with Crippen LogP contribution in [-0.2, 0) is 9.53 Å². The summed E-state index contributed by atoms with van der Waals surface area (Å²) in [6.45, 7) is 2.15. The highest BCUT2D eigenvalue weighted by atomic mass is 35.5. The second kappa shape index (κ2) is 3.92. The summed E-state index contributed by atoms with van der Waals surface area (Å²) in [6.07, 6.45) is 3.10. The van der Waals surface area contributed by atoms with E-state index >= 15 is 0 Å². The van der Waals surface area contributed by atoms with Crippen LogP contribution < -0.4 is 5.73 Å². The molecule has 0 saturated heterocycles. The summed E-state index contributed by atoms with van der Waals surface area (Å²) in [7, 11) is 0. The van der Waals surface area contributed by atoms with E-state index in [2.05, 4.69) is 0 Å². The number of carbonyl (C=O) groups excluding carboxylic acids is 1. The van der Waals surface area contributed by atoms with Crippen molar-refractivity contribution in [3.05, 3.63) is 0 Å². The Morgan fingerprint density at radius 1 is 1.53 bits per heavy atom. The molecule has 0 aromatic heterocycles. The smallest absolute Gasteiger partial charge is 0.322 e. The molecule has 88 valence electrons. The number of hydrogen-bond donors (Lipinski definition) is 2. The topological polar surface area (TPSA) is 72.5 Å². The van der Waals surface area contributed by atoms with Crippen molar-refractivity contribution in [2.75, 3.05) is 6.61 Å². The third-order valence-electron chi connectivity index (χ3n) is 3.35. The molecule has 15 heavy (non-hydrogen) atoms. The molecule has 3 aliphatic rings. The van der Waals surface area contributed by atoms with E-state index in [1.54, 1.807) is 6.92 Å². The summed E-state index contributed by atoms with van der Waals surface area (Å²) >= 11 is 0. The van der Waals surface area contributed by atoms with E-state index in [9.17, 15) is 9.90 Å². The van der Waals surface area contributed by atoms with Crippen LogP contribution in [0.4, 0.5) is 0 Å². The van der Waals surface area contributed by atoms with Crippen LogP contribution in [0, 0.1) is 5.41 Å². The molecule has 0 aromatic carbocycles. The van der Waals surface area contributed by atoms with E-state index in [4.69, 9.17) is 10.5 Å². The second-order valence-corrected chi connectivity index (χ2v) is 4.82. The quantitative estimate of drug-likeness (QED) is 0.701. The summed E-state index contributed by atoms with van der Waals surface area (Å²) < 4.78 is 4.83. The summed E-state index contributed by atoms with van der Waals surface area (Å²) in [5.74, 6) is -0.316. The lowest BCUT2D eigenvalue weighted by Gasteiger charge is -2.68. The van der Waals surface area contributed by atoms with Crippen LogP contribution in [0.15, 0.2) is 0 Å². The average Bonchev–Trinajstić information content (AvgIpc) is 2.00. The lowest BCUT2D eigenvalue weighted by molar-refractivity contribution is -0.263. The van der Waals surface area contributed by atoms with Crippen LogP contribution in [0.1, 0.15) is 32.6 Å². The van der Waals surface area contributed by atoms with E-state index in [1.807, 2.05) is 0 Å². The molecule has 0 spiro atoms. The number of hydrogen-bond acceptors (Lipinski definition) is 4. The third kappa shape index (κ3) is 2.12. The molecule has 2 bridgehead atoms. The minimum atomic E-state index is -0.514. The maximum absolute atomic E-state index is 11.2. The maximum Gasteiger partial charge on any atom is 0.322 e. The standard InChI is InChI=1S/C10H17NO3.ClH/c1-2-14-8(12)7(11)3-9-4-10(13,5-9)6-9;/h7,13H,2-6,11H2,1H3;1H. The van der Waals surface area contributed by atoms with Gasteiger partial charge in [-0.3, -0.25) is 4.79 Å². The number of aliphatic hydroxyl groups is 1. The Labute approximate surface area is 95.6 Å². The highest BCUT2D eigenvalue weighted by Crippen LogP contribution is 2.69. The van der Waals surface area contributed by atoms with Gasteiger partial charge < -0.3 is 15.6 Å². The molecule has 3 rings (SSSR count). The third-order valence-corrected chi connectivity index (χ3v) is 3.35. The zero-order valence-electron chi connectivity index (χ0n) is 8.86. The average molecular weight is 236 g/mol. The van der Waals surface area contributed by atoms with Gasteiger partial charge in [-0.05, 0) is 38.0 Å². The second-order valence-electron chi connectivity index (χ2n) is 4.82. The Balaban J connectivity index is 0.00000112. The van der Waals surface area contributed by atoms with Crippen molar-refractivity contribution in [3.63, 3.8) is 0 Å². The molecular formula is C10H18ClNO3. The van der Waals surface area contributed by atoms with E-state index < -0.39 is 11.6 Å². The SMILES string of the molecule is CCOC(=O)C(N)CC12CC(O)(C1)C2.Cl. The van der Waals surface area contributed by atoms with Gasteiger partial charge in [0.15, 0.2) is 0 Å². The Hall–Kier alpha value is -0.320. The monoisotopic (exact) mass is 235 g/mol. The minimum Gasteiger partial charge on any atom is -0.465 e. The molecule has 0 radical (unpaired) electrons. The minimum absolute atomic E-state index is 0. The van der Waals surface area contributed by atoms with Gasteiger partial charge in [0, 0.05) is 0 Å². The largest absolute Gasteiger partial charge is 0.465 e. The number of rotatable bonds is 4. The van der Waals surface area contributed by atoms with Crippen LogP contribution in [-0.4, -0.2) is 29.3 Å². The Bertz CT molecular complexity index is 250. The Kier molecular flexibility index (Phi) is 3.33. The fourth-order valence-electron chi connectivity index (χ4n) is 2.95. The Morgan fingerprint density at radius 2 is 2.07 bits per heavy atom. The van der Waals surface area contributed by atoms with Crippen molar-refractivity contribution in [3.8, 4) is 0 Å². The van der Waals surface area contributed by atoms with Crippen molar-refractivity contribution < 1.29 is 14.6 Å². The molecule has 3 saturated carbocycles. The molecule has 1 unspecified atom stereocenters. The molecule has 4 nitrogen and oxygen atoms in total. The predicted octanol–water partition coefficient (Wildman–Crippen LogP) is 0.604. The van der Waals surface area contributed by atoms with Crippen LogP contribution in [0.2, 0.25) is 0 Å². The van der Waals surface area contributed by atoms with E-state index in [1.165, 1.54) is 0 Å². The molecule has 5 heteroatoms. The van der Waals surface area contributed by atoms with Crippen molar-refractivity contribution >= 4 is 18.4 Å². The maximum atomic E-state index is 11.2. The fourth-order valence-corrected chi connectivity index (χ4v) is 2.95. The molecule has 3 N–H and O–H groups in total. The highest BCUT2D eigenvalue weighted by Gasteiger charge is 2.67. The summed E-state index contributed by atoms with van der Waals surface area (Å²) in [4.78, 5) is 11.2. The van der Waals surface area contributed by atoms with Gasteiger partial charge in [0.1, 0.15) is 6.04 Å². The zero-order chi connectivity index (χ0) is 10.4. The lowest BCUT2D eigenvalue weighted by atomic mass is 9.40. The van der Waals surface area contributed by atoms with E-state index in [0.717, 1.165) is 19.3 Å². The highest BCUT2D eigenvalue weighted by molar-refractivity contribution is 5.85. The summed E-state index contributed by atoms with van der Waals surface area (Å²) in [5, 5.41) is 9.54. The molecule has 0 amide bonds. The first-order chi connectivity index (χ1) is 6.49. The van der Waals surface area contributed by atoms with Gasteiger partial charge in [0.2, 0.25) is 0 Å². The summed E-state index contributed by atoms with van der Waals surface area (Å²) in [6, 6.07) is -0.514. The van der Waals surface area contributed by atoms with Gasteiger partial charge in [-0.25, -0.2) is 0 Å². The van der Waals surface area contributed by atoms with Crippen LogP contribution in [0.25, 0.3) is 0 Å². The van der Waals surface area contributed by atoms with Crippen molar-refractivity contribution in [1.29, 1.82) is 0 Å². The van der Waals surface area contributed by atoms with Gasteiger partial charge in [-0.15, -0.1) is 12.4 Å². The van der Waals surface area contributed by atoms with Crippen molar-refractivity contribution in [2.24, 2.45) is 11.1 Å². The molecule has 0 heterocycles. The molecular weight excluding hydrogens is 218 g/mol. The van der Waals surface area contributed by atoms with Gasteiger partial charge in [-0.2, -0.15) is 0 Å². The van der Waals surface area contributed by atoms with Gasteiger partial charge >= 0.3 is 5.97 Å². The van der Waals surface area contributed by atoms with E-state index in [0.29, 0.717) is 13.0 Å². The van der Waals surface area contributed by atoms with Crippen LogP contribution in [0.3, 0.4) is 0 Å². The van der Waals surface area contributed by atoms with Gasteiger partial charge in [-0.1, -0.05) is 0 Å². The molecule has 3 aliphatic carbocycles. The van der Waals surface area contributed by atoms with Gasteiger partial charge in [0.25, 0.3) is 0 Å². The zero-order valence-corrected chi connectivity index (χ0v) is 9.68. The molecule has 3 fully saturated rings. The lowest BCUT2D eigenvalue weighted by Crippen LogP contribution is -2.68. The van der Waals surface area contributed by atoms with Gasteiger partial charge in [0.05, 0.1) is 12.2 Å². The van der Waals surface area contributed by atoms with Crippen LogP contribution >= 0.6 is 12.4 Å². The number of nitrogens with two attached hydrogens (primary N) is 1. The molecule has 0 aliphatic heterocycles. The molecule has 1 atom stereocenters. The fraction of sp³-hybridized carbons (Fsp3) is 0.900.